The van der Waals surface area contributed by atoms with Crippen LogP contribution in [0.2, 0.25) is 0 Å². The molecule has 0 spiro atoms. The standard InChI is InChI=1S/C12H11F2NO2/c1-2-17-11(16)5-3-4-8-9(13)6-7-10(15)12(8)14/h6-7H,2,5,15H2,1H3. The molecule has 0 saturated carbocycles. The summed E-state index contributed by atoms with van der Waals surface area (Å²) >= 11 is 0. The second-order valence-corrected chi connectivity index (χ2v) is 3.11. The summed E-state index contributed by atoms with van der Waals surface area (Å²) in [6, 6.07) is 2.13. The minimum atomic E-state index is -0.915. The maximum Gasteiger partial charge on any atom is 0.317 e. The molecule has 3 nitrogen and oxygen atoms in total. The molecule has 0 unspecified atom stereocenters. The van der Waals surface area contributed by atoms with Gasteiger partial charge in [-0.15, -0.1) is 0 Å². The first kappa shape index (κ1) is 13.0. The van der Waals surface area contributed by atoms with Crippen molar-refractivity contribution in [3.63, 3.8) is 0 Å². The first-order valence-electron chi connectivity index (χ1n) is 4.94. The predicted octanol–water partition coefficient (Wildman–Crippen LogP) is 1.85. The Morgan fingerprint density at radius 2 is 2.18 bits per heavy atom. The van der Waals surface area contributed by atoms with Gasteiger partial charge < -0.3 is 10.5 Å². The largest absolute Gasteiger partial charge is 0.465 e. The second kappa shape index (κ2) is 5.85. The van der Waals surface area contributed by atoms with E-state index >= 15 is 0 Å². The number of esters is 1. The molecular weight excluding hydrogens is 228 g/mol. The van der Waals surface area contributed by atoms with Crippen LogP contribution in [0.15, 0.2) is 12.1 Å². The van der Waals surface area contributed by atoms with E-state index in [0.29, 0.717) is 0 Å². The summed E-state index contributed by atoms with van der Waals surface area (Å²) in [5, 5.41) is 0. The van der Waals surface area contributed by atoms with Gasteiger partial charge in [0.2, 0.25) is 0 Å². The molecule has 0 bridgehead atoms. The van der Waals surface area contributed by atoms with Crippen LogP contribution in [0.25, 0.3) is 0 Å². The molecule has 5 heteroatoms. The predicted molar refractivity (Wildman–Crippen MR) is 58.9 cm³/mol. The minimum absolute atomic E-state index is 0.188. The molecule has 0 heterocycles. The third kappa shape index (κ3) is 3.45. The molecule has 0 aliphatic rings. The Hall–Kier alpha value is -2.09. The van der Waals surface area contributed by atoms with Crippen molar-refractivity contribution < 1.29 is 18.3 Å². The lowest BCUT2D eigenvalue weighted by Crippen LogP contribution is -2.02. The van der Waals surface area contributed by atoms with E-state index in [0.717, 1.165) is 12.1 Å². The van der Waals surface area contributed by atoms with Gasteiger partial charge in [-0.25, -0.2) is 8.78 Å². The van der Waals surface area contributed by atoms with Gasteiger partial charge in [0.05, 0.1) is 17.9 Å². The highest BCUT2D eigenvalue weighted by molar-refractivity contribution is 5.72. The monoisotopic (exact) mass is 239 g/mol. The molecule has 0 atom stereocenters. The summed E-state index contributed by atoms with van der Waals surface area (Å²) in [5.74, 6) is 2.30. The Morgan fingerprint density at radius 3 is 2.82 bits per heavy atom. The Bertz CT molecular complexity index is 489. The van der Waals surface area contributed by atoms with Crippen molar-refractivity contribution in [3.05, 3.63) is 29.3 Å². The van der Waals surface area contributed by atoms with Gasteiger partial charge in [-0.3, -0.25) is 4.79 Å². The lowest BCUT2D eigenvalue weighted by atomic mass is 10.1. The lowest BCUT2D eigenvalue weighted by molar-refractivity contribution is -0.141. The SMILES string of the molecule is CCOC(=O)CC#Cc1c(F)ccc(N)c1F. The van der Waals surface area contributed by atoms with Crippen LogP contribution < -0.4 is 5.73 Å². The van der Waals surface area contributed by atoms with Crippen molar-refractivity contribution in [2.24, 2.45) is 0 Å². The molecule has 0 amide bonds. The fraction of sp³-hybridized carbons (Fsp3) is 0.250. The molecule has 90 valence electrons. The number of anilines is 1. The van der Waals surface area contributed by atoms with Crippen LogP contribution >= 0.6 is 0 Å². The number of carbonyl (C=O) groups excluding carboxylic acids is 1. The Morgan fingerprint density at radius 1 is 1.47 bits per heavy atom. The van der Waals surface area contributed by atoms with E-state index in [9.17, 15) is 13.6 Å². The van der Waals surface area contributed by atoms with Crippen LogP contribution in [0.1, 0.15) is 18.9 Å². The third-order valence-corrected chi connectivity index (χ3v) is 1.87. The van der Waals surface area contributed by atoms with Crippen LogP contribution in [0.3, 0.4) is 0 Å². The fourth-order valence-corrected chi connectivity index (χ4v) is 1.10. The van der Waals surface area contributed by atoms with Crippen LogP contribution in [0.5, 0.6) is 0 Å². The minimum Gasteiger partial charge on any atom is -0.465 e. The van der Waals surface area contributed by atoms with E-state index in [1.54, 1.807) is 6.92 Å². The van der Waals surface area contributed by atoms with E-state index in [4.69, 9.17) is 5.73 Å². The van der Waals surface area contributed by atoms with Gasteiger partial charge in [-0.2, -0.15) is 0 Å². The number of carbonyl (C=O) groups is 1. The molecule has 0 fully saturated rings. The smallest absolute Gasteiger partial charge is 0.317 e. The molecule has 0 aliphatic carbocycles. The summed E-state index contributed by atoms with van der Waals surface area (Å²) < 4.78 is 31.2. The zero-order chi connectivity index (χ0) is 12.8. The normalized spacial score (nSPS) is 9.35. The number of rotatable bonds is 2. The highest BCUT2D eigenvalue weighted by Gasteiger charge is 2.09. The molecule has 1 aromatic rings. The second-order valence-electron chi connectivity index (χ2n) is 3.11. The summed E-state index contributed by atoms with van der Waals surface area (Å²) in [5.41, 5.74) is 4.64. The first-order valence-corrected chi connectivity index (χ1v) is 4.94. The van der Waals surface area contributed by atoms with Gasteiger partial charge in [-0.05, 0) is 19.1 Å². The fourth-order valence-electron chi connectivity index (χ4n) is 1.10. The molecule has 1 rings (SSSR count). The van der Waals surface area contributed by atoms with E-state index in [1.165, 1.54) is 0 Å². The number of nitrogen functional groups attached to an aromatic ring is 1. The molecule has 1 aromatic carbocycles. The van der Waals surface area contributed by atoms with Crippen molar-refractivity contribution in [1.29, 1.82) is 0 Å². The highest BCUT2D eigenvalue weighted by Crippen LogP contribution is 2.17. The van der Waals surface area contributed by atoms with Gasteiger partial charge in [0, 0.05) is 0 Å². The van der Waals surface area contributed by atoms with Gasteiger partial charge in [0.1, 0.15) is 12.2 Å². The number of hydrogen-bond acceptors (Lipinski definition) is 3. The zero-order valence-corrected chi connectivity index (χ0v) is 9.22. The van der Waals surface area contributed by atoms with Gasteiger partial charge in [0.25, 0.3) is 0 Å². The van der Waals surface area contributed by atoms with Crippen LogP contribution in [0.4, 0.5) is 14.5 Å². The van der Waals surface area contributed by atoms with Crippen molar-refractivity contribution >= 4 is 11.7 Å². The molecule has 0 aromatic heterocycles. The van der Waals surface area contributed by atoms with E-state index < -0.39 is 23.2 Å². The molecule has 0 radical (unpaired) electrons. The number of benzene rings is 1. The molecule has 17 heavy (non-hydrogen) atoms. The Kier molecular flexibility index (Phi) is 4.46. The summed E-state index contributed by atoms with van der Waals surface area (Å²) in [4.78, 5) is 10.9. The highest BCUT2D eigenvalue weighted by atomic mass is 19.1. The van der Waals surface area contributed by atoms with Crippen molar-refractivity contribution in [1.82, 2.24) is 0 Å². The molecule has 0 saturated heterocycles. The summed E-state index contributed by atoms with van der Waals surface area (Å²) in [6.07, 6.45) is -0.221. The number of halogens is 2. The van der Waals surface area contributed by atoms with Crippen molar-refractivity contribution in [2.45, 2.75) is 13.3 Å². The molecule has 0 aliphatic heterocycles. The quantitative estimate of drug-likeness (QED) is 0.487. The molecular formula is C12H11F2NO2. The maximum atomic E-state index is 13.4. The Labute approximate surface area is 97.6 Å². The van der Waals surface area contributed by atoms with Gasteiger partial charge in [-0.1, -0.05) is 11.8 Å². The summed E-state index contributed by atoms with van der Waals surface area (Å²) in [7, 11) is 0. The topological polar surface area (TPSA) is 52.3 Å². The van der Waals surface area contributed by atoms with Crippen molar-refractivity contribution in [3.8, 4) is 11.8 Å². The van der Waals surface area contributed by atoms with Gasteiger partial charge in [0.15, 0.2) is 5.82 Å². The first-order chi connectivity index (χ1) is 8.06. The molecule has 2 N–H and O–H groups in total. The maximum absolute atomic E-state index is 13.4. The average Bonchev–Trinajstić information content (AvgIpc) is 2.29. The van der Waals surface area contributed by atoms with Crippen molar-refractivity contribution in [2.75, 3.05) is 12.3 Å². The average molecular weight is 239 g/mol. The van der Waals surface area contributed by atoms with E-state index in [-0.39, 0.29) is 18.7 Å². The van der Waals surface area contributed by atoms with Crippen LogP contribution in [0, 0.1) is 23.5 Å². The number of hydrogen-bond donors (Lipinski definition) is 1. The number of nitrogens with two attached hydrogens (primary N) is 1. The van der Waals surface area contributed by atoms with Crippen LogP contribution in [-0.4, -0.2) is 12.6 Å². The number of ether oxygens (including phenoxy) is 1. The summed E-state index contributed by atoms with van der Waals surface area (Å²) in [6.45, 7) is 1.89. The van der Waals surface area contributed by atoms with E-state index in [2.05, 4.69) is 16.6 Å². The zero-order valence-electron chi connectivity index (χ0n) is 9.22. The van der Waals surface area contributed by atoms with E-state index in [1.807, 2.05) is 0 Å². The lowest BCUT2D eigenvalue weighted by Gasteiger charge is -2.00. The van der Waals surface area contributed by atoms with Gasteiger partial charge >= 0.3 is 5.97 Å². The Balaban J connectivity index is 2.85. The third-order valence-electron chi connectivity index (χ3n) is 1.87. The van der Waals surface area contributed by atoms with Crippen LogP contribution in [-0.2, 0) is 9.53 Å².